The summed E-state index contributed by atoms with van der Waals surface area (Å²) in [5.74, 6) is -2.18. The molecule has 0 saturated carbocycles. The van der Waals surface area contributed by atoms with Crippen LogP contribution in [0.1, 0.15) is 10.4 Å². The number of carbonyl (C=O) groups is 1. The van der Waals surface area contributed by atoms with Crippen LogP contribution < -0.4 is 0 Å². The number of carboxylic acids is 1. The van der Waals surface area contributed by atoms with Gasteiger partial charge in [-0.3, -0.25) is 0 Å². The Kier molecular flexibility index (Phi) is 2.17. The van der Waals surface area contributed by atoms with E-state index in [1.54, 1.807) is 11.4 Å². The van der Waals surface area contributed by atoms with Gasteiger partial charge < -0.3 is 5.11 Å². The second-order valence-electron chi connectivity index (χ2n) is 2.69. The number of fused-ring (bicyclic) bond motifs is 1. The van der Waals surface area contributed by atoms with E-state index in [4.69, 9.17) is 16.7 Å². The molecule has 1 aromatic heterocycles. The first-order chi connectivity index (χ1) is 6.61. The molecule has 0 saturated heterocycles. The topological polar surface area (TPSA) is 37.3 Å². The molecule has 1 aromatic carbocycles. The molecule has 1 N–H and O–H groups in total. The zero-order valence-corrected chi connectivity index (χ0v) is 8.32. The number of thiophene rings is 1. The Morgan fingerprint density at radius 3 is 2.93 bits per heavy atom. The van der Waals surface area contributed by atoms with Crippen molar-refractivity contribution in [2.45, 2.75) is 0 Å². The van der Waals surface area contributed by atoms with Crippen LogP contribution in [0.15, 0.2) is 17.5 Å². The molecule has 5 heteroatoms. The molecule has 0 atom stereocenters. The molecular formula is C9H4ClFO2S. The summed E-state index contributed by atoms with van der Waals surface area (Å²) in [7, 11) is 0. The van der Waals surface area contributed by atoms with Crippen LogP contribution in [0, 0.1) is 5.82 Å². The van der Waals surface area contributed by atoms with E-state index >= 15 is 0 Å². The Balaban J connectivity index is 2.87. The zero-order valence-electron chi connectivity index (χ0n) is 6.75. The summed E-state index contributed by atoms with van der Waals surface area (Å²) in [5, 5.41) is 10.9. The summed E-state index contributed by atoms with van der Waals surface area (Å²) in [4.78, 5) is 10.6. The van der Waals surface area contributed by atoms with Crippen LogP contribution in [-0.2, 0) is 0 Å². The first-order valence-electron chi connectivity index (χ1n) is 3.69. The van der Waals surface area contributed by atoms with Crippen molar-refractivity contribution >= 4 is 39.0 Å². The lowest BCUT2D eigenvalue weighted by Gasteiger charge is -2.00. The summed E-state index contributed by atoms with van der Waals surface area (Å²) < 4.78 is 14.0. The van der Waals surface area contributed by atoms with Crippen molar-refractivity contribution in [1.29, 1.82) is 0 Å². The molecule has 1 heterocycles. The molecule has 0 unspecified atom stereocenters. The van der Waals surface area contributed by atoms with Gasteiger partial charge in [0.25, 0.3) is 0 Å². The molecule has 0 bridgehead atoms. The Bertz CT molecular complexity index is 521. The summed E-state index contributed by atoms with van der Waals surface area (Å²) >= 11 is 7.01. The number of rotatable bonds is 1. The SMILES string of the molecule is O=C(O)c1cc2sccc2c(Cl)c1F. The molecule has 2 nitrogen and oxygen atoms in total. The van der Waals surface area contributed by atoms with Gasteiger partial charge in [0.1, 0.15) is 0 Å². The van der Waals surface area contributed by atoms with Gasteiger partial charge >= 0.3 is 5.97 Å². The van der Waals surface area contributed by atoms with Gasteiger partial charge in [-0.2, -0.15) is 0 Å². The van der Waals surface area contributed by atoms with E-state index in [2.05, 4.69) is 0 Å². The van der Waals surface area contributed by atoms with Crippen LogP contribution in [0.5, 0.6) is 0 Å². The zero-order chi connectivity index (χ0) is 10.3. The molecule has 14 heavy (non-hydrogen) atoms. The maximum absolute atomic E-state index is 13.4. The normalized spacial score (nSPS) is 10.7. The molecular weight excluding hydrogens is 227 g/mol. The Morgan fingerprint density at radius 1 is 1.57 bits per heavy atom. The summed E-state index contributed by atoms with van der Waals surface area (Å²) in [6.45, 7) is 0. The lowest BCUT2D eigenvalue weighted by Crippen LogP contribution is -2.00. The van der Waals surface area contributed by atoms with Crippen molar-refractivity contribution in [1.82, 2.24) is 0 Å². The predicted octanol–water partition coefficient (Wildman–Crippen LogP) is 3.39. The highest BCUT2D eigenvalue weighted by Gasteiger charge is 2.17. The maximum atomic E-state index is 13.4. The standard InChI is InChI=1S/C9H4ClFO2S/c10-7-4-1-2-14-6(4)3-5(8(7)11)9(12)13/h1-3H,(H,12,13). The Labute approximate surface area is 87.5 Å². The van der Waals surface area contributed by atoms with E-state index in [1.165, 1.54) is 17.4 Å². The van der Waals surface area contributed by atoms with Gasteiger partial charge in [-0.15, -0.1) is 11.3 Å². The van der Waals surface area contributed by atoms with Crippen molar-refractivity contribution in [3.63, 3.8) is 0 Å². The van der Waals surface area contributed by atoms with Gasteiger partial charge in [-0.05, 0) is 17.5 Å². The first kappa shape index (κ1) is 9.43. The molecule has 0 aliphatic rings. The van der Waals surface area contributed by atoms with Crippen molar-refractivity contribution in [3.8, 4) is 0 Å². The lowest BCUT2D eigenvalue weighted by atomic mass is 10.1. The van der Waals surface area contributed by atoms with E-state index in [-0.39, 0.29) is 10.6 Å². The second kappa shape index (κ2) is 3.22. The molecule has 0 aliphatic heterocycles. The minimum atomic E-state index is -1.31. The van der Waals surface area contributed by atoms with Gasteiger partial charge in [0.2, 0.25) is 0 Å². The lowest BCUT2D eigenvalue weighted by molar-refractivity contribution is 0.0692. The average Bonchev–Trinajstić information content (AvgIpc) is 2.58. The van der Waals surface area contributed by atoms with E-state index < -0.39 is 11.8 Å². The molecule has 2 aromatic rings. The number of halogens is 2. The highest BCUT2D eigenvalue weighted by molar-refractivity contribution is 7.17. The molecule has 2 rings (SSSR count). The monoisotopic (exact) mass is 230 g/mol. The smallest absolute Gasteiger partial charge is 0.338 e. The van der Waals surface area contributed by atoms with Gasteiger partial charge in [-0.1, -0.05) is 11.6 Å². The molecule has 0 fully saturated rings. The van der Waals surface area contributed by atoms with Crippen LogP contribution in [0.2, 0.25) is 5.02 Å². The largest absolute Gasteiger partial charge is 0.478 e. The van der Waals surface area contributed by atoms with Crippen LogP contribution in [0.3, 0.4) is 0 Å². The van der Waals surface area contributed by atoms with Gasteiger partial charge in [0, 0.05) is 10.1 Å². The average molecular weight is 231 g/mol. The highest BCUT2D eigenvalue weighted by atomic mass is 35.5. The third-order valence-corrected chi connectivity index (χ3v) is 3.10. The molecule has 0 amide bonds. The van der Waals surface area contributed by atoms with E-state index in [9.17, 15) is 9.18 Å². The Morgan fingerprint density at radius 2 is 2.29 bits per heavy atom. The summed E-state index contributed by atoms with van der Waals surface area (Å²) in [6.07, 6.45) is 0. The van der Waals surface area contributed by atoms with Crippen LogP contribution in [0.25, 0.3) is 10.1 Å². The minimum absolute atomic E-state index is 0.124. The fraction of sp³-hybridized carbons (Fsp3) is 0. The Hall–Kier alpha value is -1.13. The van der Waals surface area contributed by atoms with Gasteiger partial charge in [0.15, 0.2) is 5.82 Å². The van der Waals surface area contributed by atoms with E-state index in [0.29, 0.717) is 10.1 Å². The van der Waals surface area contributed by atoms with Crippen molar-refractivity contribution in [3.05, 3.63) is 33.9 Å². The van der Waals surface area contributed by atoms with Crippen LogP contribution >= 0.6 is 22.9 Å². The summed E-state index contributed by atoms with van der Waals surface area (Å²) in [6, 6.07) is 2.96. The predicted molar refractivity (Wildman–Crippen MR) is 53.8 cm³/mol. The molecule has 0 spiro atoms. The van der Waals surface area contributed by atoms with E-state index in [0.717, 1.165) is 0 Å². The number of hydrogen-bond acceptors (Lipinski definition) is 2. The van der Waals surface area contributed by atoms with Crippen molar-refractivity contribution < 1.29 is 14.3 Å². The molecule has 72 valence electrons. The number of aromatic carboxylic acids is 1. The third kappa shape index (κ3) is 1.27. The van der Waals surface area contributed by atoms with Crippen molar-refractivity contribution in [2.75, 3.05) is 0 Å². The van der Waals surface area contributed by atoms with Gasteiger partial charge in [-0.25, -0.2) is 9.18 Å². The maximum Gasteiger partial charge on any atom is 0.338 e. The fourth-order valence-electron chi connectivity index (χ4n) is 1.20. The highest BCUT2D eigenvalue weighted by Crippen LogP contribution is 2.32. The quantitative estimate of drug-likeness (QED) is 0.815. The minimum Gasteiger partial charge on any atom is -0.478 e. The second-order valence-corrected chi connectivity index (χ2v) is 4.02. The summed E-state index contributed by atoms with van der Waals surface area (Å²) in [5.41, 5.74) is -0.384. The van der Waals surface area contributed by atoms with Crippen molar-refractivity contribution in [2.24, 2.45) is 0 Å². The fourth-order valence-corrected chi connectivity index (χ4v) is 2.36. The number of hydrogen-bond donors (Lipinski definition) is 1. The first-order valence-corrected chi connectivity index (χ1v) is 4.95. The number of carboxylic acid groups (broad SMARTS) is 1. The number of benzene rings is 1. The van der Waals surface area contributed by atoms with Gasteiger partial charge in [0.05, 0.1) is 10.6 Å². The van der Waals surface area contributed by atoms with E-state index in [1.807, 2.05) is 0 Å². The van der Waals surface area contributed by atoms with Crippen LogP contribution in [0.4, 0.5) is 4.39 Å². The molecule has 0 radical (unpaired) electrons. The third-order valence-electron chi connectivity index (χ3n) is 1.87. The van der Waals surface area contributed by atoms with Crippen LogP contribution in [-0.4, -0.2) is 11.1 Å². The molecule has 0 aliphatic carbocycles.